The van der Waals surface area contributed by atoms with Gasteiger partial charge in [0, 0.05) is 6.42 Å². The molecule has 1 N–H and O–H groups in total. The summed E-state index contributed by atoms with van der Waals surface area (Å²) >= 11 is 0. The van der Waals surface area contributed by atoms with Crippen molar-refractivity contribution in [1.29, 1.82) is 0 Å². The molecule has 72 valence electrons. The molecule has 0 aliphatic carbocycles. The molecule has 1 rings (SSSR count). The molecule has 2 atom stereocenters. The van der Waals surface area contributed by atoms with E-state index in [4.69, 9.17) is 5.11 Å². The van der Waals surface area contributed by atoms with E-state index in [1.807, 2.05) is 0 Å². The molecule has 6 nitrogen and oxygen atoms in total. The molecule has 6 heteroatoms. The van der Waals surface area contributed by atoms with Gasteiger partial charge in [0.25, 0.3) is 6.47 Å². The van der Waals surface area contributed by atoms with Crippen LogP contribution in [0, 0.1) is 0 Å². The number of carboxylic acid groups (broad SMARTS) is 1. The maximum atomic E-state index is 10.6. The molecule has 0 bridgehead atoms. The van der Waals surface area contributed by atoms with Gasteiger partial charge in [-0.15, -0.1) is 0 Å². The number of nitrogens with zero attached hydrogens (tertiary/aromatic N) is 1. The quantitative estimate of drug-likeness (QED) is 0.561. The van der Waals surface area contributed by atoms with E-state index in [1.54, 1.807) is 0 Å². The second-order valence-electron chi connectivity index (χ2n) is 2.75. The van der Waals surface area contributed by atoms with Crippen LogP contribution >= 0.6 is 0 Å². The van der Waals surface area contributed by atoms with Crippen LogP contribution in [-0.4, -0.2) is 47.5 Å². The van der Waals surface area contributed by atoms with Crippen molar-refractivity contribution in [3.05, 3.63) is 0 Å². The summed E-state index contributed by atoms with van der Waals surface area (Å²) in [5, 5.41) is 8.66. The van der Waals surface area contributed by atoms with E-state index in [0.717, 1.165) is 4.90 Å². The molecule has 0 radical (unpaired) electrons. The van der Waals surface area contributed by atoms with Gasteiger partial charge in [0.1, 0.15) is 12.1 Å². The Morgan fingerprint density at radius 1 is 1.54 bits per heavy atom. The summed E-state index contributed by atoms with van der Waals surface area (Å²) in [5.74, 6) is -1.08. The highest BCUT2D eigenvalue weighted by Gasteiger charge is 2.36. The predicted molar refractivity (Wildman–Crippen MR) is 39.7 cm³/mol. The number of aliphatic carboxylic acids is 1. The Kier molecular flexibility index (Phi) is 2.84. The zero-order valence-electron chi connectivity index (χ0n) is 6.75. The van der Waals surface area contributed by atoms with Crippen molar-refractivity contribution in [2.75, 3.05) is 6.54 Å². The van der Waals surface area contributed by atoms with Crippen molar-refractivity contribution in [3.8, 4) is 0 Å². The number of carboxylic acids is 1. The number of ether oxygens (including phenoxy) is 1. The zero-order valence-corrected chi connectivity index (χ0v) is 6.75. The van der Waals surface area contributed by atoms with E-state index in [0.29, 0.717) is 6.41 Å². The van der Waals surface area contributed by atoms with Crippen molar-refractivity contribution in [1.82, 2.24) is 4.90 Å². The normalized spacial score (nSPS) is 26.9. The fraction of sp³-hybridized carbons (Fsp3) is 0.571. The Labute approximate surface area is 74.1 Å². The van der Waals surface area contributed by atoms with Crippen LogP contribution in [0.1, 0.15) is 6.42 Å². The molecule has 1 amide bonds. The van der Waals surface area contributed by atoms with Crippen molar-refractivity contribution in [2.45, 2.75) is 18.6 Å². The molecule has 0 aromatic rings. The molecule has 1 aliphatic heterocycles. The Balaban J connectivity index is 2.60. The van der Waals surface area contributed by atoms with Crippen LogP contribution < -0.4 is 0 Å². The van der Waals surface area contributed by atoms with Crippen molar-refractivity contribution < 1.29 is 24.2 Å². The molecule has 1 aliphatic rings. The van der Waals surface area contributed by atoms with Crippen LogP contribution in [0.2, 0.25) is 0 Å². The lowest BCUT2D eigenvalue weighted by molar-refractivity contribution is -0.144. The Morgan fingerprint density at radius 2 is 2.23 bits per heavy atom. The topological polar surface area (TPSA) is 83.9 Å². The highest BCUT2D eigenvalue weighted by molar-refractivity contribution is 5.77. The van der Waals surface area contributed by atoms with Gasteiger partial charge in [-0.2, -0.15) is 0 Å². The second kappa shape index (κ2) is 3.88. The van der Waals surface area contributed by atoms with E-state index in [9.17, 15) is 14.4 Å². The summed E-state index contributed by atoms with van der Waals surface area (Å²) in [4.78, 5) is 32.0. The number of rotatable bonds is 4. The maximum Gasteiger partial charge on any atom is 0.326 e. The first-order valence-electron chi connectivity index (χ1n) is 3.72. The van der Waals surface area contributed by atoms with Crippen molar-refractivity contribution in [3.63, 3.8) is 0 Å². The average Bonchev–Trinajstić information content (AvgIpc) is 2.48. The molecular weight excluding hydrogens is 178 g/mol. The smallest absolute Gasteiger partial charge is 0.326 e. The molecule has 0 spiro atoms. The lowest BCUT2D eigenvalue weighted by Crippen LogP contribution is -2.34. The van der Waals surface area contributed by atoms with E-state index >= 15 is 0 Å². The van der Waals surface area contributed by atoms with Crippen LogP contribution in [0.4, 0.5) is 0 Å². The summed E-state index contributed by atoms with van der Waals surface area (Å²) in [5.41, 5.74) is 0. The first-order chi connectivity index (χ1) is 6.19. The number of carbonyl (C=O) groups is 3. The largest absolute Gasteiger partial charge is 0.480 e. The van der Waals surface area contributed by atoms with E-state index in [-0.39, 0.29) is 19.4 Å². The van der Waals surface area contributed by atoms with Crippen LogP contribution in [0.25, 0.3) is 0 Å². The molecule has 0 aromatic heterocycles. The molecule has 0 aromatic carbocycles. The van der Waals surface area contributed by atoms with E-state index in [1.165, 1.54) is 0 Å². The average molecular weight is 187 g/mol. The van der Waals surface area contributed by atoms with Crippen LogP contribution in [0.5, 0.6) is 0 Å². The standard InChI is InChI=1S/C7H9NO5/c9-3-8-2-5(13-4-10)1-6(8)7(11)12/h3-6H,1-2H2,(H,11,12)/t5-,6-/m0/s1. The summed E-state index contributed by atoms with van der Waals surface area (Å²) in [6, 6.07) is -0.873. The van der Waals surface area contributed by atoms with Gasteiger partial charge in [-0.05, 0) is 0 Å². The highest BCUT2D eigenvalue weighted by atomic mass is 16.5. The minimum Gasteiger partial charge on any atom is -0.480 e. The monoisotopic (exact) mass is 187 g/mol. The molecule has 0 unspecified atom stereocenters. The predicted octanol–water partition coefficient (Wildman–Crippen LogP) is -1.16. The van der Waals surface area contributed by atoms with Crippen LogP contribution in [-0.2, 0) is 19.1 Å². The minimum absolute atomic E-state index is 0.152. The van der Waals surface area contributed by atoms with Gasteiger partial charge in [-0.1, -0.05) is 0 Å². The highest BCUT2D eigenvalue weighted by Crippen LogP contribution is 2.18. The number of likely N-dealkylation sites (tertiary alicyclic amines) is 1. The lowest BCUT2D eigenvalue weighted by Gasteiger charge is -2.13. The number of hydrogen-bond acceptors (Lipinski definition) is 4. The fourth-order valence-electron chi connectivity index (χ4n) is 1.36. The third-order valence-corrected chi connectivity index (χ3v) is 1.97. The Bertz CT molecular complexity index is 229. The first-order valence-corrected chi connectivity index (χ1v) is 3.72. The van der Waals surface area contributed by atoms with Gasteiger partial charge < -0.3 is 14.7 Å². The molecule has 1 heterocycles. The molecule has 1 fully saturated rings. The van der Waals surface area contributed by atoms with Gasteiger partial charge in [0.05, 0.1) is 6.54 Å². The molecule has 13 heavy (non-hydrogen) atoms. The first kappa shape index (κ1) is 9.50. The Hall–Kier alpha value is -1.59. The van der Waals surface area contributed by atoms with Gasteiger partial charge in [0.15, 0.2) is 0 Å². The maximum absolute atomic E-state index is 10.6. The van der Waals surface area contributed by atoms with E-state index < -0.39 is 18.1 Å². The number of carbonyl (C=O) groups excluding carboxylic acids is 2. The number of amides is 1. The third kappa shape index (κ3) is 1.95. The number of hydrogen-bond donors (Lipinski definition) is 1. The molecule has 0 saturated carbocycles. The van der Waals surface area contributed by atoms with Gasteiger partial charge >= 0.3 is 5.97 Å². The van der Waals surface area contributed by atoms with Crippen molar-refractivity contribution >= 4 is 18.9 Å². The lowest BCUT2D eigenvalue weighted by atomic mass is 10.2. The molecule has 1 saturated heterocycles. The summed E-state index contributed by atoms with van der Waals surface area (Å²) in [6.45, 7) is 0.414. The summed E-state index contributed by atoms with van der Waals surface area (Å²) < 4.78 is 4.57. The fourth-order valence-corrected chi connectivity index (χ4v) is 1.36. The van der Waals surface area contributed by atoms with Crippen molar-refractivity contribution in [2.24, 2.45) is 0 Å². The van der Waals surface area contributed by atoms with E-state index in [2.05, 4.69) is 4.74 Å². The van der Waals surface area contributed by atoms with Gasteiger partial charge in [-0.3, -0.25) is 9.59 Å². The Morgan fingerprint density at radius 3 is 2.62 bits per heavy atom. The summed E-state index contributed by atoms with van der Waals surface area (Å²) in [7, 11) is 0. The van der Waals surface area contributed by atoms with Gasteiger partial charge in [0.2, 0.25) is 6.41 Å². The molecular formula is C7H9NO5. The van der Waals surface area contributed by atoms with Crippen LogP contribution in [0.3, 0.4) is 0 Å². The van der Waals surface area contributed by atoms with Gasteiger partial charge in [-0.25, -0.2) is 4.79 Å². The summed E-state index contributed by atoms with van der Waals surface area (Å²) in [6.07, 6.45) is 0.114. The minimum atomic E-state index is -1.08. The van der Waals surface area contributed by atoms with Crippen LogP contribution in [0.15, 0.2) is 0 Å². The SMILES string of the molecule is O=CO[C@H]1C[C@@H](C(=O)O)N(C=O)C1. The third-order valence-electron chi connectivity index (χ3n) is 1.97. The zero-order chi connectivity index (χ0) is 9.84. The second-order valence-corrected chi connectivity index (χ2v) is 2.75.